The maximum atomic E-state index is 6.02. The number of nitrogen functional groups attached to an aromatic ring is 1. The predicted octanol–water partition coefficient (Wildman–Crippen LogP) is 3.79. The van der Waals surface area contributed by atoms with Crippen LogP contribution in [0.15, 0.2) is 40.9 Å². The second-order valence-corrected chi connectivity index (χ2v) is 4.84. The summed E-state index contributed by atoms with van der Waals surface area (Å²) in [5.41, 5.74) is 8.26. The van der Waals surface area contributed by atoms with Crippen LogP contribution in [0.5, 0.6) is 11.5 Å². The van der Waals surface area contributed by atoms with Gasteiger partial charge in [0.05, 0.1) is 25.6 Å². The van der Waals surface area contributed by atoms with Gasteiger partial charge in [-0.25, -0.2) is 0 Å². The fourth-order valence-electron chi connectivity index (χ4n) is 1.74. The van der Waals surface area contributed by atoms with Gasteiger partial charge in [0.15, 0.2) is 0 Å². The van der Waals surface area contributed by atoms with Crippen molar-refractivity contribution in [1.82, 2.24) is 0 Å². The van der Waals surface area contributed by atoms with E-state index in [9.17, 15) is 0 Å². The maximum Gasteiger partial charge on any atom is 0.143 e. The molecule has 0 aliphatic carbocycles. The van der Waals surface area contributed by atoms with Crippen molar-refractivity contribution in [3.8, 4) is 11.5 Å². The van der Waals surface area contributed by atoms with Crippen LogP contribution < -0.4 is 20.5 Å². The molecule has 0 aromatic heterocycles. The van der Waals surface area contributed by atoms with Gasteiger partial charge in [-0.1, -0.05) is 22.0 Å². The van der Waals surface area contributed by atoms with Crippen LogP contribution in [0.3, 0.4) is 0 Å². The highest BCUT2D eigenvalue weighted by atomic mass is 79.9. The van der Waals surface area contributed by atoms with Crippen LogP contribution in [0.2, 0.25) is 0 Å². The first-order valence-corrected chi connectivity index (χ1v) is 6.47. The molecule has 0 heterocycles. The van der Waals surface area contributed by atoms with Crippen LogP contribution in [-0.2, 0) is 0 Å². The number of hydrogen-bond donors (Lipinski definition) is 2. The third-order valence-corrected chi connectivity index (χ3v) is 3.13. The molecule has 0 unspecified atom stereocenters. The Balaban J connectivity index is 2.33. The molecule has 2 rings (SSSR count). The van der Waals surface area contributed by atoms with Crippen molar-refractivity contribution in [2.24, 2.45) is 0 Å². The van der Waals surface area contributed by atoms with Crippen LogP contribution in [0, 0.1) is 0 Å². The molecule has 3 N–H and O–H groups in total. The van der Waals surface area contributed by atoms with E-state index in [1.807, 2.05) is 36.4 Å². The minimum Gasteiger partial charge on any atom is -0.497 e. The molecule has 0 spiro atoms. The number of ether oxygens (including phenoxy) is 2. The highest BCUT2D eigenvalue weighted by Gasteiger charge is 2.06. The molecule has 0 aliphatic rings. The number of nitrogens with two attached hydrogens (primary N) is 1. The normalized spacial score (nSPS) is 10.1. The summed E-state index contributed by atoms with van der Waals surface area (Å²) in [7, 11) is 3.23. The number of halogens is 1. The van der Waals surface area contributed by atoms with E-state index in [-0.39, 0.29) is 0 Å². The van der Waals surface area contributed by atoms with Crippen LogP contribution in [0.25, 0.3) is 0 Å². The number of rotatable bonds is 4. The summed E-state index contributed by atoms with van der Waals surface area (Å²) in [5, 5.41) is 3.25. The summed E-state index contributed by atoms with van der Waals surface area (Å²) in [6.07, 6.45) is 0. The molecule has 0 amide bonds. The highest BCUT2D eigenvalue weighted by Crippen LogP contribution is 2.33. The van der Waals surface area contributed by atoms with Gasteiger partial charge in [0.1, 0.15) is 11.5 Å². The number of anilines is 3. The molecule has 19 heavy (non-hydrogen) atoms. The standard InChI is InChI=1S/C14H15BrN2O2/c1-18-11-7-9(15)6-10(8-11)17-12-4-3-5-13(19-2)14(12)16/h3-8,17H,16H2,1-2H3. The SMILES string of the molecule is COc1cc(Br)cc(Nc2cccc(OC)c2N)c1. The van der Waals surface area contributed by atoms with Crippen LogP contribution in [0.4, 0.5) is 17.1 Å². The quantitative estimate of drug-likeness (QED) is 0.841. The average Bonchev–Trinajstić information content (AvgIpc) is 2.40. The van der Waals surface area contributed by atoms with E-state index in [1.54, 1.807) is 14.2 Å². The molecule has 2 aromatic rings. The van der Waals surface area contributed by atoms with Gasteiger partial charge >= 0.3 is 0 Å². The first-order valence-electron chi connectivity index (χ1n) is 5.68. The van der Waals surface area contributed by atoms with Gasteiger partial charge in [-0.2, -0.15) is 0 Å². The summed E-state index contributed by atoms with van der Waals surface area (Å²) < 4.78 is 11.3. The molecule has 0 fully saturated rings. The van der Waals surface area contributed by atoms with E-state index < -0.39 is 0 Å². The minimum atomic E-state index is 0.573. The fourth-order valence-corrected chi connectivity index (χ4v) is 2.21. The molecule has 100 valence electrons. The Morgan fingerprint density at radius 1 is 1.11 bits per heavy atom. The zero-order valence-electron chi connectivity index (χ0n) is 10.7. The highest BCUT2D eigenvalue weighted by molar-refractivity contribution is 9.10. The van der Waals surface area contributed by atoms with Crippen molar-refractivity contribution in [1.29, 1.82) is 0 Å². The molecule has 4 nitrogen and oxygen atoms in total. The first-order chi connectivity index (χ1) is 9.13. The molecular formula is C14H15BrN2O2. The lowest BCUT2D eigenvalue weighted by atomic mass is 10.2. The van der Waals surface area contributed by atoms with Gasteiger partial charge in [-0.05, 0) is 24.3 Å². The number of hydrogen-bond acceptors (Lipinski definition) is 4. The molecule has 0 aliphatic heterocycles. The Labute approximate surface area is 120 Å². The first kappa shape index (κ1) is 13.5. The molecule has 0 saturated heterocycles. The summed E-state index contributed by atoms with van der Waals surface area (Å²) in [6, 6.07) is 11.3. The lowest BCUT2D eigenvalue weighted by molar-refractivity contribution is 0.415. The summed E-state index contributed by atoms with van der Waals surface area (Å²) in [4.78, 5) is 0. The largest absolute Gasteiger partial charge is 0.497 e. The zero-order valence-corrected chi connectivity index (χ0v) is 12.3. The minimum absolute atomic E-state index is 0.573. The van der Waals surface area contributed by atoms with E-state index in [0.717, 1.165) is 21.6 Å². The lowest BCUT2D eigenvalue weighted by Gasteiger charge is -2.13. The number of nitrogens with one attached hydrogen (secondary N) is 1. The smallest absolute Gasteiger partial charge is 0.143 e. The van der Waals surface area contributed by atoms with Gasteiger partial charge in [0.2, 0.25) is 0 Å². The third kappa shape index (κ3) is 3.12. The lowest BCUT2D eigenvalue weighted by Crippen LogP contribution is -1.99. The monoisotopic (exact) mass is 322 g/mol. The second kappa shape index (κ2) is 5.84. The predicted molar refractivity (Wildman–Crippen MR) is 81.4 cm³/mol. The van der Waals surface area contributed by atoms with Crippen molar-refractivity contribution in [2.45, 2.75) is 0 Å². The van der Waals surface area contributed by atoms with Gasteiger partial charge in [-0.3, -0.25) is 0 Å². The van der Waals surface area contributed by atoms with E-state index in [0.29, 0.717) is 11.4 Å². The third-order valence-electron chi connectivity index (χ3n) is 2.67. The van der Waals surface area contributed by atoms with E-state index >= 15 is 0 Å². The Hall–Kier alpha value is -1.88. The number of para-hydroxylation sites is 1. The molecule has 0 saturated carbocycles. The Morgan fingerprint density at radius 2 is 1.89 bits per heavy atom. The Bertz CT molecular complexity index is 588. The zero-order chi connectivity index (χ0) is 13.8. The molecule has 2 aromatic carbocycles. The Kier molecular flexibility index (Phi) is 4.16. The van der Waals surface area contributed by atoms with Crippen molar-refractivity contribution < 1.29 is 9.47 Å². The van der Waals surface area contributed by atoms with Crippen molar-refractivity contribution in [3.05, 3.63) is 40.9 Å². The van der Waals surface area contributed by atoms with E-state index in [2.05, 4.69) is 21.2 Å². The number of benzene rings is 2. The van der Waals surface area contributed by atoms with Gasteiger partial charge < -0.3 is 20.5 Å². The van der Waals surface area contributed by atoms with E-state index in [4.69, 9.17) is 15.2 Å². The van der Waals surface area contributed by atoms with Gasteiger partial charge in [0, 0.05) is 16.2 Å². The average molecular weight is 323 g/mol. The van der Waals surface area contributed by atoms with Crippen molar-refractivity contribution in [2.75, 3.05) is 25.3 Å². The van der Waals surface area contributed by atoms with Crippen LogP contribution >= 0.6 is 15.9 Å². The molecule has 0 radical (unpaired) electrons. The summed E-state index contributed by atoms with van der Waals surface area (Å²) in [6.45, 7) is 0. The maximum absolute atomic E-state index is 6.02. The summed E-state index contributed by atoms with van der Waals surface area (Å²) >= 11 is 3.44. The molecular weight excluding hydrogens is 308 g/mol. The van der Waals surface area contributed by atoms with E-state index in [1.165, 1.54) is 0 Å². The number of methoxy groups -OCH3 is 2. The fraction of sp³-hybridized carbons (Fsp3) is 0.143. The summed E-state index contributed by atoms with van der Waals surface area (Å²) in [5.74, 6) is 1.41. The molecule has 0 atom stereocenters. The van der Waals surface area contributed by atoms with Gasteiger partial charge in [-0.15, -0.1) is 0 Å². The van der Waals surface area contributed by atoms with Gasteiger partial charge in [0.25, 0.3) is 0 Å². The molecule has 0 bridgehead atoms. The van der Waals surface area contributed by atoms with Crippen LogP contribution in [-0.4, -0.2) is 14.2 Å². The molecule has 5 heteroatoms. The van der Waals surface area contributed by atoms with Crippen LogP contribution in [0.1, 0.15) is 0 Å². The second-order valence-electron chi connectivity index (χ2n) is 3.93. The van der Waals surface area contributed by atoms with Crippen molar-refractivity contribution >= 4 is 33.0 Å². The Morgan fingerprint density at radius 3 is 2.58 bits per heavy atom. The van der Waals surface area contributed by atoms with Crippen molar-refractivity contribution in [3.63, 3.8) is 0 Å². The topological polar surface area (TPSA) is 56.5 Å².